The number of amides is 1. The SMILES string of the molecule is COCC(=O)Nc1ccc(N2C(=S)N[C@H](c3ccccn3)[C@@H]2c2ccc(-c3ccc([N+](=O)[O-])cc3)o2)cc1Cl. The zero-order valence-electron chi connectivity index (χ0n) is 20.5. The van der Waals surface area contributed by atoms with E-state index in [0.29, 0.717) is 38.6 Å². The maximum Gasteiger partial charge on any atom is 0.269 e. The first-order valence-corrected chi connectivity index (χ1v) is 12.6. The molecule has 39 heavy (non-hydrogen) atoms. The molecule has 12 heteroatoms. The maximum atomic E-state index is 12.0. The molecule has 1 saturated heterocycles. The lowest BCUT2D eigenvalue weighted by atomic mass is 10.0. The number of nitro benzene ring substituents is 1. The van der Waals surface area contributed by atoms with Crippen molar-refractivity contribution in [1.29, 1.82) is 0 Å². The summed E-state index contributed by atoms with van der Waals surface area (Å²) >= 11 is 12.3. The topological polar surface area (TPSA) is 123 Å². The molecule has 0 spiro atoms. The summed E-state index contributed by atoms with van der Waals surface area (Å²) in [6, 6.07) is 19.9. The Hall–Kier alpha value is -4.32. The van der Waals surface area contributed by atoms with E-state index in [1.165, 1.54) is 19.2 Å². The van der Waals surface area contributed by atoms with Gasteiger partial charge in [0.25, 0.3) is 5.69 Å². The third-order valence-electron chi connectivity index (χ3n) is 6.16. The first kappa shape index (κ1) is 26.3. The molecule has 4 aromatic rings. The van der Waals surface area contributed by atoms with Gasteiger partial charge in [-0.3, -0.25) is 19.9 Å². The lowest BCUT2D eigenvalue weighted by Gasteiger charge is -2.26. The van der Waals surface area contributed by atoms with Crippen molar-refractivity contribution in [3.63, 3.8) is 0 Å². The number of anilines is 2. The highest BCUT2D eigenvalue weighted by Crippen LogP contribution is 2.44. The van der Waals surface area contributed by atoms with E-state index in [1.54, 1.807) is 36.5 Å². The van der Waals surface area contributed by atoms with Crippen LogP contribution in [0.25, 0.3) is 11.3 Å². The molecule has 0 radical (unpaired) electrons. The van der Waals surface area contributed by atoms with Crippen LogP contribution in [-0.4, -0.2) is 34.6 Å². The Morgan fingerprint density at radius 3 is 2.67 bits per heavy atom. The highest BCUT2D eigenvalue weighted by atomic mass is 35.5. The van der Waals surface area contributed by atoms with Crippen molar-refractivity contribution < 1.29 is 18.9 Å². The highest BCUT2D eigenvalue weighted by molar-refractivity contribution is 7.80. The summed E-state index contributed by atoms with van der Waals surface area (Å²) in [7, 11) is 1.44. The average Bonchev–Trinajstić information content (AvgIpc) is 3.55. The van der Waals surface area contributed by atoms with Crippen molar-refractivity contribution in [2.75, 3.05) is 23.9 Å². The molecule has 1 fully saturated rings. The second kappa shape index (κ2) is 11.2. The second-order valence-electron chi connectivity index (χ2n) is 8.65. The number of halogens is 1. The van der Waals surface area contributed by atoms with Gasteiger partial charge in [0.1, 0.15) is 24.2 Å². The fourth-order valence-electron chi connectivity index (χ4n) is 4.41. The molecule has 2 aromatic carbocycles. The van der Waals surface area contributed by atoms with Gasteiger partial charge in [-0.15, -0.1) is 0 Å². The van der Waals surface area contributed by atoms with Gasteiger partial charge in [0.05, 0.1) is 27.4 Å². The number of hydrogen-bond acceptors (Lipinski definition) is 7. The normalized spacial score (nSPS) is 16.7. The van der Waals surface area contributed by atoms with Crippen LogP contribution in [0.4, 0.5) is 17.1 Å². The molecule has 2 aromatic heterocycles. The van der Waals surface area contributed by atoms with E-state index in [9.17, 15) is 14.9 Å². The summed E-state index contributed by atoms with van der Waals surface area (Å²) in [5, 5.41) is 17.9. The van der Waals surface area contributed by atoms with Gasteiger partial charge >= 0.3 is 0 Å². The number of benzene rings is 2. The van der Waals surface area contributed by atoms with Crippen molar-refractivity contribution in [3.05, 3.63) is 106 Å². The number of nitro groups is 1. The van der Waals surface area contributed by atoms with E-state index < -0.39 is 11.0 Å². The van der Waals surface area contributed by atoms with Gasteiger partial charge in [0.2, 0.25) is 5.91 Å². The molecule has 0 unspecified atom stereocenters. The Balaban J connectivity index is 1.52. The molecule has 3 heterocycles. The number of aromatic nitrogens is 1. The number of hydrogen-bond donors (Lipinski definition) is 2. The van der Waals surface area contributed by atoms with Crippen LogP contribution in [0.1, 0.15) is 23.5 Å². The molecule has 0 bridgehead atoms. The molecule has 0 saturated carbocycles. The molecular weight excluding hydrogens is 542 g/mol. The Labute approximate surface area is 233 Å². The van der Waals surface area contributed by atoms with Gasteiger partial charge in [-0.2, -0.15) is 0 Å². The minimum absolute atomic E-state index is 0.00371. The van der Waals surface area contributed by atoms with Crippen LogP contribution in [0.15, 0.2) is 83.4 Å². The number of furan rings is 1. The van der Waals surface area contributed by atoms with E-state index in [0.717, 1.165) is 5.69 Å². The van der Waals surface area contributed by atoms with Gasteiger partial charge in [-0.1, -0.05) is 17.7 Å². The summed E-state index contributed by atoms with van der Waals surface area (Å²) in [5.41, 5.74) is 2.57. The van der Waals surface area contributed by atoms with Crippen LogP contribution >= 0.6 is 23.8 Å². The van der Waals surface area contributed by atoms with Crippen molar-refractivity contribution in [3.8, 4) is 11.3 Å². The number of nitrogens with one attached hydrogen (secondary N) is 2. The first-order chi connectivity index (χ1) is 18.9. The first-order valence-electron chi connectivity index (χ1n) is 11.8. The van der Waals surface area contributed by atoms with Crippen LogP contribution in [0.5, 0.6) is 0 Å². The Kier molecular flexibility index (Phi) is 7.55. The zero-order valence-corrected chi connectivity index (χ0v) is 22.1. The Morgan fingerprint density at radius 2 is 2.00 bits per heavy atom. The summed E-state index contributed by atoms with van der Waals surface area (Å²) in [4.78, 5) is 29.0. The van der Waals surface area contributed by atoms with E-state index >= 15 is 0 Å². The predicted molar refractivity (Wildman–Crippen MR) is 151 cm³/mol. The zero-order chi connectivity index (χ0) is 27.5. The predicted octanol–water partition coefficient (Wildman–Crippen LogP) is 5.67. The highest BCUT2D eigenvalue weighted by Gasteiger charge is 2.42. The minimum Gasteiger partial charge on any atom is -0.459 e. The number of carbonyl (C=O) groups excluding carboxylic acids is 1. The number of carbonyl (C=O) groups is 1. The summed E-state index contributed by atoms with van der Waals surface area (Å²) < 4.78 is 11.2. The average molecular weight is 564 g/mol. The number of non-ortho nitro benzene ring substituents is 1. The summed E-state index contributed by atoms with van der Waals surface area (Å²) in [6.07, 6.45) is 1.71. The molecule has 198 valence electrons. The van der Waals surface area contributed by atoms with E-state index in [1.807, 2.05) is 35.2 Å². The quantitative estimate of drug-likeness (QED) is 0.159. The van der Waals surface area contributed by atoms with E-state index in [2.05, 4.69) is 15.6 Å². The fraction of sp³-hybridized carbons (Fsp3) is 0.148. The molecule has 2 atom stereocenters. The fourth-order valence-corrected chi connectivity index (χ4v) is 4.98. The number of ether oxygens (including phenoxy) is 1. The molecule has 1 aliphatic heterocycles. The summed E-state index contributed by atoms with van der Waals surface area (Å²) in [6.45, 7) is -0.0956. The number of rotatable bonds is 8. The third-order valence-corrected chi connectivity index (χ3v) is 6.79. The van der Waals surface area contributed by atoms with Crippen LogP contribution in [0.2, 0.25) is 5.02 Å². The molecule has 5 rings (SSSR count). The Bertz CT molecular complexity index is 1530. The van der Waals surface area contributed by atoms with Crippen LogP contribution in [-0.2, 0) is 9.53 Å². The van der Waals surface area contributed by atoms with Crippen molar-refractivity contribution in [2.24, 2.45) is 0 Å². The van der Waals surface area contributed by atoms with Crippen molar-refractivity contribution >= 4 is 51.9 Å². The number of pyridine rings is 1. The van der Waals surface area contributed by atoms with Gasteiger partial charge < -0.3 is 24.7 Å². The molecule has 1 amide bonds. The monoisotopic (exact) mass is 563 g/mol. The minimum atomic E-state index is -0.447. The number of thiocarbonyl (C=S) groups is 1. The van der Waals surface area contributed by atoms with Crippen LogP contribution in [0, 0.1) is 10.1 Å². The Morgan fingerprint density at radius 1 is 1.21 bits per heavy atom. The number of methoxy groups -OCH3 is 1. The lowest BCUT2D eigenvalue weighted by molar-refractivity contribution is -0.384. The smallest absolute Gasteiger partial charge is 0.269 e. The second-order valence-corrected chi connectivity index (χ2v) is 9.44. The van der Waals surface area contributed by atoms with E-state index in [-0.39, 0.29) is 24.2 Å². The van der Waals surface area contributed by atoms with Gasteiger partial charge in [0, 0.05) is 36.7 Å². The van der Waals surface area contributed by atoms with Gasteiger partial charge in [0.15, 0.2) is 5.11 Å². The molecule has 10 nitrogen and oxygen atoms in total. The van der Waals surface area contributed by atoms with E-state index in [4.69, 9.17) is 33.0 Å². The number of nitrogens with zero attached hydrogens (tertiary/aromatic N) is 3. The lowest BCUT2D eigenvalue weighted by Crippen LogP contribution is -2.29. The molecular formula is C27H22ClN5O5S. The van der Waals surface area contributed by atoms with Crippen molar-refractivity contribution in [1.82, 2.24) is 10.3 Å². The summed E-state index contributed by atoms with van der Waals surface area (Å²) in [5.74, 6) is 0.819. The van der Waals surface area contributed by atoms with Crippen LogP contribution in [0.3, 0.4) is 0 Å². The molecule has 0 aliphatic carbocycles. The van der Waals surface area contributed by atoms with Gasteiger partial charge in [-0.25, -0.2) is 0 Å². The van der Waals surface area contributed by atoms with Crippen molar-refractivity contribution in [2.45, 2.75) is 12.1 Å². The third kappa shape index (κ3) is 5.46. The largest absolute Gasteiger partial charge is 0.459 e. The van der Waals surface area contributed by atoms with Crippen LogP contribution < -0.4 is 15.5 Å². The molecule has 1 aliphatic rings. The standard InChI is InChI=1S/C27H22ClN5O5S/c1-37-15-24(34)30-20-10-9-18(14-19(20)28)32-26(25(31-27(32)39)21-4-2-3-13-29-21)23-12-11-22(38-23)16-5-7-17(8-6-16)33(35)36/h2-14,25-26H,15H2,1H3,(H,30,34)(H,31,39)/t25-,26+/m1/s1. The maximum absolute atomic E-state index is 12.0. The van der Waals surface area contributed by atoms with Gasteiger partial charge in [-0.05, 0) is 66.8 Å². The molecule has 2 N–H and O–H groups in total.